The maximum Gasteiger partial charge on any atom is 0.0967 e. The van der Waals surface area contributed by atoms with Crippen LogP contribution in [0, 0.1) is 0 Å². The van der Waals surface area contributed by atoms with Crippen LogP contribution in [0.25, 0.3) is 0 Å². The first-order valence-corrected chi connectivity index (χ1v) is 3.21. The van der Waals surface area contributed by atoms with Crippen molar-refractivity contribution in [2.24, 2.45) is 0 Å². The Bertz CT molecular complexity index is 11.7. The molecule has 0 aliphatic heterocycles. The maximum absolute atomic E-state index is 4.76. The minimum absolute atomic E-state index is 0. The van der Waals surface area contributed by atoms with Crippen molar-refractivity contribution >= 4 is 46.4 Å². The molecule has 0 spiro atoms. The van der Waals surface area contributed by atoms with E-state index in [4.69, 9.17) is 46.4 Å². The molecule has 0 unspecified atom stereocenters. The molecule has 0 nitrogen and oxygen atoms in total. The quantitative estimate of drug-likeness (QED) is 0.433. The zero-order valence-corrected chi connectivity index (χ0v) is 8.01. The van der Waals surface area contributed by atoms with Crippen molar-refractivity contribution in [3.63, 3.8) is 0 Å². The number of alkyl halides is 4. The van der Waals surface area contributed by atoms with Crippen molar-refractivity contribution in [1.29, 1.82) is 0 Å². The molecule has 0 saturated carbocycles. The Morgan fingerprint density at radius 3 is 0.714 bits per heavy atom. The van der Waals surface area contributed by atoms with Crippen LogP contribution < -0.4 is 0 Å². The van der Waals surface area contributed by atoms with Crippen LogP contribution >= 0.6 is 46.4 Å². The van der Waals surface area contributed by atoms with Gasteiger partial charge in [0.15, 0.2) is 0 Å². The van der Waals surface area contributed by atoms with Crippen molar-refractivity contribution < 1.29 is 21.7 Å². The summed E-state index contributed by atoms with van der Waals surface area (Å²) < 4.78 is 0. The summed E-state index contributed by atoms with van der Waals surface area (Å²) in [6.45, 7) is 0. The molecule has 0 rings (SSSR count). The Morgan fingerprint density at radius 1 is 0.714 bits per heavy atom. The average Bonchev–Trinajstić information content (AvgIpc) is 1.39. The van der Waals surface area contributed by atoms with Crippen LogP contribution in [-0.2, 0) is 21.7 Å². The summed E-state index contributed by atoms with van der Waals surface area (Å²) in [5.74, 6) is 0. The molecule has 0 aromatic carbocycles. The van der Waals surface area contributed by atoms with E-state index in [0.717, 1.165) is 0 Å². The largest absolute Gasteiger partial charge is 0.109 e. The molecule has 44 valence electrons. The standard InChI is InChI=1S/2CH2Cl2.Ti/c2*2-1-3;/h2*1H2;. The van der Waals surface area contributed by atoms with E-state index in [1.54, 1.807) is 0 Å². The summed E-state index contributed by atoms with van der Waals surface area (Å²) in [6.07, 6.45) is 0. The molecule has 0 aromatic heterocycles. The zero-order valence-electron chi connectivity index (χ0n) is 3.43. The van der Waals surface area contributed by atoms with Gasteiger partial charge in [-0.3, -0.25) is 0 Å². The molecule has 0 atom stereocenters. The summed E-state index contributed by atoms with van der Waals surface area (Å²) in [5, 5.41) is 0.389. The summed E-state index contributed by atoms with van der Waals surface area (Å²) in [6, 6.07) is 0. The second kappa shape index (κ2) is 24.8. The second-order valence-corrected chi connectivity index (χ2v) is 1.82. The van der Waals surface area contributed by atoms with Crippen molar-refractivity contribution in [1.82, 2.24) is 0 Å². The van der Waals surface area contributed by atoms with E-state index in [1.807, 2.05) is 0 Å². The third-order valence-corrected chi connectivity index (χ3v) is 0. The van der Waals surface area contributed by atoms with Crippen molar-refractivity contribution in [2.75, 3.05) is 10.7 Å². The number of hydrogen-bond acceptors (Lipinski definition) is 0. The fraction of sp³-hybridized carbons (Fsp3) is 1.00. The Morgan fingerprint density at radius 2 is 0.714 bits per heavy atom. The van der Waals surface area contributed by atoms with Crippen molar-refractivity contribution in [2.45, 2.75) is 0 Å². The minimum Gasteiger partial charge on any atom is -0.109 e. The van der Waals surface area contributed by atoms with Crippen molar-refractivity contribution in [3.05, 3.63) is 0 Å². The van der Waals surface area contributed by atoms with Crippen LogP contribution in [0.2, 0.25) is 0 Å². The monoisotopic (exact) mass is 216 g/mol. The molecule has 0 fully saturated rings. The minimum atomic E-state index is 0. The normalized spacial score (nSPS) is 5.14. The molecule has 7 heavy (non-hydrogen) atoms. The fourth-order valence-corrected chi connectivity index (χ4v) is 0. The third kappa shape index (κ3) is 77.3. The molecule has 0 aromatic rings. The van der Waals surface area contributed by atoms with Crippen LogP contribution in [-0.4, -0.2) is 10.7 Å². The first kappa shape index (κ1) is 15.9. The number of halogens is 4. The average molecular weight is 218 g/mol. The molecule has 5 heteroatoms. The first-order valence-electron chi connectivity index (χ1n) is 1.07. The Kier molecular flexibility index (Phi) is 56.5. The topological polar surface area (TPSA) is 0 Å². The molecule has 0 radical (unpaired) electrons. The van der Waals surface area contributed by atoms with Gasteiger partial charge >= 0.3 is 0 Å². The van der Waals surface area contributed by atoms with Gasteiger partial charge in [-0.2, -0.15) is 0 Å². The fourth-order valence-electron chi connectivity index (χ4n) is 0. The van der Waals surface area contributed by atoms with Gasteiger partial charge in [0.05, 0.1) is 10.7 Å². The molecular weight excluding hydrogens is 214 g/mol. The first-order chi connectivity index (χ1) is 2.83. The van der Waals surface area contributed by atoms with Gasteiger partial charge in [-0.25, -0.2) is 0 Å². The Labute approximate surface area is 78.3 Å². The number of rotatable bonds is 0. The molecule has 0 N–H and O–H groups in total. The summed E-state index contributed by atoms with van der Waals surface area (Å²) >= 11 is 19.1. The smallest absolute Gasteiger partial charge is 0.0967 e. The van der Waals surface area contributed by atoms with E-state index in [9.17, 15) is 0 Å². The zero-order chi connectivity index (χ0) is 5.41. The molecule has 0 aliphatic rings. The van der Waals surface area contributed by atoms with Gasteiger partial charge < -0.3 is 0 Å². The molecule has 0 aliphatic carbocycles. The Hall–Kier alpha value is 1.87. The predicted molar refractivity (Wildman–Crippen MR) is 33.1 cm³/mol. The third-order valence-electron chi connectivity index (χ3n) is 0. The van der Waals surface area contributed by atoms with E-state index in [-0.39, 0.29) is 32.4 Å². The van der Waals surface area contributed by atoms with E-state index >= 15 is 0 Å². The van der Waals surface area contributed by atoms with Gasteiger partial charge in [0.25, 0.3) is 0 Å². The summed E-state index contributed by atoms with van der Waals surface area (Å²) in [7, 11) is 0. The molecule has 0 heterocycles. The van der Waals surface area contributed by atoms with Gasteiger partial charge in [0.2, 0.25) is 0 Å². The van der Waals surface area contributed by atoms with Gasteiger partial charge in [-0.15, -0.1) is 46.4 Å². The molecule has 0 saturated heterocycles. The van der Waals surface area contributed by atoms with E-state index < -0.39 is 0 Å². The molecular formula is C2H4Cl4Ti. The predicted octanol–water partition coefficient (Wildman–Crippen LogP) is 2.84. The van der Waals surface area contributed by atoms with Gasteiger partial charge in [-0.1, -0.05) is 0 Å². The van der Waals surface area contributed by atoms with E-state index in [2.05, 4.69) is 0 Å². The van der Waals surface area contributed by atoms with Crippen LogP contribution in [0.15, 0.2) is 0 Å². The molecule has 0 amide bonds. The molecule has 0 bridgehead atoms. The number of hydrogen-bond donors (Lipinski definition) is 0. The van der Waals surface area contributed by atoms with Crippen LogP contribution in [0.3, 0.4) is 0 Å². The Balaban J connectivity index is -0.0000000400. The summed E-state index contributed by atoms with van der Waals surface area (Å²) in [4.78, 5) is 0. The maximum atomic E-state index is 4.76. The SMILES string of the molecule is ClCCl.ClCCl.[Ti]. The van der Waals surface area contributed by atoms with Gasteiger partial charge in [-0.05, 0) is 0 Å². The van der Waals surface area contributed by atoms with Crippen LogP contribution in [0.5, 0.6) is 0 Å². The van der Waals surface area contributed by atoms with Gasteiger partial charge in [0.1, 0.15) is 0 Å². The van der Waals surface area contributed by atoms with E-state index in [1.165, 1.54) is 0 Å². The van der Waals surface area contributed by atoms with Crippen LogP contribution in [0.1, 0.15) is 0 Å². The second-order valence-electron chi connectivity index (χ2n) is 0.202. The van der Waals surface area contributed by atoms with Crippen LogP contribution in [0.4, 0.5) is 0 Å². The van der Waals surface area contributed by atoms with Gasteiger partial charge in [0, 0.05) is 21.7 Å². The van der Waals surface area contributed by atoms with E-state index in [0.29, 0.717) is 0 Å². The summed E-state index contributed by atoms with van der Waals surface area (Å²) in [5.41, 5.74) is 0. The van der Waals surface area contributed by atoms with Crippen molar-refractivity contribution in [3.8, 4) is 0 Å².